The molecule has 42 heavy (non-hydrogen) atoms. The van der Waals surface area contributed by atoms with Crippen LogP contribution in [0.2, 0.25) is 0 Å². The number of hydrogen-bond donors (Lipinski definition) is 2. The first kappa shape index (κ1) is 29.6. The number of hydrogen-bond acceptors (Lipinski definition) is 5. The van der Waals surface area contributed by atoms with Crippen LogP contribution >= 0.6 is 0 Å². The Balaban J connectivity index is 1.44. The summed E-state index contributed by atoms with van der Waals surface area (Å²) in [5, 5.41) is 4.06. The van der Waals surface area contributed by atoms with Gasteiger partial charge in [-0.05, 0) is 58.1 Å². The van der Waals surface area contributed by atoms with Crippen molar-refractivity contribution in [3.63, 3.8) is 0 Å². The van der Waals surface area contributed by atoms with Crippen LogP contribution in [0.3, 0.4) is 0 Å². The normalized spacial score (nSPS) is 15.7. The zero-order valence-corrected chi connectivity index (χ0v) is 26.7. The van der Waals surface area contributed by atoms with E-state index in [4.69, 9.17) is 4.98 Å². The third-order valence-electron chi connectivity index (χ3n) is 7.97. The zero-order valence-electron chi connectivity index (χ0n) is 26.7. The fourth-order valence-electron chi connectivity index (χ4n) is 5.72. The lowest BCUT2D eigenvalue weighted by atomic mass is 9.92. The van der Waals surface area contributed by atoms with E-state index < -0.39 is 0 Å². The summed E-state index contributed by atoms with van der Waals surface area (Å²) in [4.78, 5) is 5.11. The number of nitrogens with zero attached hydrogens (tertiary/aromatic N) is 5. The minimum absolute atomic E-state index is 0.381. The second kappa shape index (κ2) is 11.8. The zero-order chi connectivity index (χ0) is 30.3. The highest BCUT2D eigenvalue weighted by molar-refractivity contribution is 6.07. The number of para-hydroxylation sites is 2. The molecule has 0 aliphatic carbocycles. The fraction of sp³-hybridized carbons (Fsp3) is 0.400. The van der Waals surface area contributed by atoms with Gasteiger partial charge >= 0.3 is 0 Å². The van der Waals surface area contributed by atoms with Crippen molar-refractivity contribution in [2.24, 2.45) is 0 Å². The van der Waals surface area contributed by atoms with Gasteiger partial charge in [0.05, 0.1) is 11.4 Å². The van der Waals surface area contributed by atoms with Gasteiger partial charge in [-0.3, -0.25) is 0 Å². The van der Waals surface area contributed by atoms with Crippen LogP contribution in [0.4, 0.5) is 11.4 Å². The first-order valence-corrected chi connectivity index (χ1v) is 15.1. The summed E-state index contributed by atoms with van der Waals surface area (Å²) in [6, 6.07) is 19.3. The number of anilines is 2. The average molecular weight is 564 g/mol. The predicted octanol–water partition coefficient (Wildman–Crippen LogP) is 6.40. The molecule has 3 aromatic rings. The molecule has 2 N–H and O–H groups in total. The van der Waals surface area contributed by atoms with E-state index in [1.54, 1.807) is 0 Å². The van der Waals surface area contributed by atoms with Crippen molar-refractivity contribution in [1.29, 1.82) is 0 Å². The van der Waals surface area contributed by atoms with Crippen molar-refractivity contribution in [2.75, 3.05) is 24.1 Å². The molecule has 0 saturated heterocycles. The van der Waals surface area contributed by atoms with Crippen LogP contribution < -0.4 is 21.1 Å². The Hall–Kier alpha value is -3.87. The molecule has 2 aliphatic rings. The lowest BCUT2D eigenvalue weighted by Crippen LogP contribution is -2.36. The summed E-state index contributed by atoms with van der Waals surface area (Å²) in [6.45, 7) is 25.1. The van der Waals surface area contributed by atoms with E-state index in [9.17, 15) is 0 Å². The summed E-state index contributed by atoms with van der Waals surface area (Å²) in [5.74, 6) is 1.52. The van der Waals surface area contributed by atoms with Crippen molar-refractivity contribution in [1.82, 2.24) is 16.1 Å². The van der Waals surface area contributed by atoms with Gasteiger partial charge in [-0.2, -0.15) is 0 Å². The second-order valence-corrected chi connectivity index (χ2v) is 12.5. The smallest absolute Gasteiger partial charge is 0.235 e. The quantitative estimate of drug-likeness (QED) is 0.311. The monoisotopic (exact) mass is 563 g/mol. The molecule has 0 saturated carbocycles. The van der Waals surface area contributed by atoms with Crippen LogP contribution in [-0.2, 0) is 0 Å². The number of hydrazine groups is 4. The highest BCUT2D eigenvalue weighted by atomic mass is 15.7. The number of hydrazone groups is 2. The highest BCUT2D eigenvalue weighted by Crippen LogP contribution is 2.37. The molecule has 0 fully saturated rings. The van der Waals surface area contributed by atoms with Gasteiger partial charge < -0.3 is 0 Å². The molecule has 0 bridgehead atoms. The molecule has 0 atom stereocenters. The molecule has 0 spiro atoms. The molecular formula is C35H45N7+2. The first-order chi connectivity index (χ1) is 20.0. The van der Waals surface area contributed by atoms with Crippen LogP contribution in [0.15, 0.2) is 54.6 Å². The van der Waals surface area contributed by atoms with Crippen LogP contribution in [0.5, 0.6) is 0 Å². The van der Waals surface area contributed by atoms with Gasteiger partial charge in [0.25, 0.3) is 11.4 Å². The summed E-state index contributed by atoms with van der Waals surface area (Å²) >= 11 is 0. The van der Waals surface area contributed by atoms with Crippen molar-refractivity contribution >= 4 is 22.8 Å². The lowest BCUT2D eigenvalue weighted by Gasteiger charge is -2.24. The van der Waals surface area contributed by atoms with E-state index in [0.29, 0.717) is 23.7 Å². The maximum atomic E-state index is 5.11. The van der Waals surface area contributed by atoms with Crippen molar-refractivity contribution < 1.29 is 9.37 Å². The van der Waals surface area contributed by atoms with Gasteiger partial charge in [0.1, 0.15) is 11.4 Å². The molecule has 0 unspecified atom stereocenters. The number of benzene rings is 2. The Labute approximate surface area is 252 Å². The van der Waals surface area contributed by atoms with Gasteiger partial charge in [0.15, 0.2) is 14.1 Å². The van der Waals surface area contributed by atoms with Gasteiger partial charge in [0, 0.05) is 0 Å². The third-order valence-corrected chi connectivity index (χ3v) is 7.97. The molecule has 1 aromatic heterocycles. The van der Waals surface area contributed by atoms with E-state index in [0.717, 1.165) is 34.2 Å². The van der Waals surface area contributed by atoms with E-state index in [-0.39, 0.29) is 0 Å². The van der Waals surface area contributed by atoms with Crippen molar-refractivity contribution in [3.05, 3.63) is 101 Å². The molecule has 7 heteroatoms. The maximum absolute atomic E-state index is 5.11. The molecule has 2 aromatic carbocycles. The number of rotatable bonds is 8. The summed E-state index contributed by atoms with van der Waals surface area (Å²) < 4.78 is 3.98. The maximum Gasteiger partial charge on any atom is 0.266 e. The van der Waals surface area contributed by atoms with Gasteiger partial charge in [0.2, 0.25) is 13.1 Å². The molecule has 7 nitrogen and oxygen atoms in total. The predicted molar refractivity (Wildman–Crippen MR) is 172 cm³/mol. The first-order valence-electron chi connectivity index (χ1n) is 15.1. The van der Waals surface area contributed by atoms with Gasteiger partial charge in [-0.1, -0.05) is 118 Å². The number of pyridine rings is 1. The largest absolute Gasteiger partial charge is 0.266 e. The summed E-state index contributed by atoms with van der Waals surface area (Å²) in [7, 11) is 4.02. The minimum atomic E-state index is 0.381. The highest BCUT2D eigenvalue weighted by Gasteiger charge is 2.37. The van der Waals surface area contributed by atoms with Crippen LogP contribution in [-0.4, -0.2) is 39.9 Å². The Bertz CT molecular complexity index is 1370. The molecule has 0 amide bonds. The molecule has 4 radical (unpaired) electrons. The van der Waals surface area contributed by atoms with E-state index in [1.165, 1.54) is 22.3 Å². The molecule has 218 valence electrons. The molecule has 3 heterocycles. The summed E-state index contributed by atoms with van der Waals surface area (Å²) in [5.41, 5.74) is 17.9. The fourth-order valence-corrected chi connectivity index (χ4v) is 5.72. The Morgan fingerprint density at radius 2 is 0.857 bits per heavy atom. The molecule has 5 rings (SSSR count). The standard InChI is InChI=1S/C35H45N7/c1-22(2)26-14-11-15-27(23(3)4)34(26)41-20-32(39(9)37-41)30-18-13-19-31(36-30)33-21-42(38-40(33)10)35-28(24(5)6)16-12-17-29(35)25(7)8/h11-19,22-25,37-38H,1-10H3/q+2. The van der Waals surface area contributed by atoms with Crippen molar-refractivity contribution in [3.8, 4) is 0 Å². The number of nitrogens with one attached hydrogen (secondary N) is 2. The van der Waals surface area contributed by atoms with Crippen molar-refractivity contribution in [2.45, 2.75) is 79.1 Å². The Morgan fingerprint density at radius 3 is 1.17 bits per heavy atom. The molecular weight excluding hydrogens is 518 g/mol. The second-order valence-electron chi connectivity index (χ2n) is 12.5. The average Bonchev–Trinajstić information content (AvgIpc) is 3.54. The number of aromatic nitrogens is 1. The van der Waals surface area contributed by atoms with Gasteiger partial charge in [-0.15, -0.1) is 0 Å². The van der Waals surface area contributed by atoms with Crippen LogP contribution in [0.1, 0.15) is 113 Å². The van der Waals surface area contributed by atoms with Crippen LogP contribution in [0, 0.1) is 13.1 Å². The van der Waals surface area contributed by atoms with E-state index >= 15 is 0 Å². The Morgan fingerprint density at radius 1 is 0.548 bits per heavy atom. The summed E-state index contributed by atoms with van der Waals surface area (Å²) in [6.07, 6.45) is 0. The molecule has 2 aliphatic heterocycles. The Kier molecular flexibility index (Phi) is 8.31. The minimum Gasteiger partial charge on any atom is -0.235 e. The van der Waals surface area contributed by atoms with E-state index in [2.05, 4.69) is 122 Å². The van der Waals surface area contributed by atoms with Crippen LogP contribution in [0.25, 0.3) is 0 Å². The van der Waals surface area contributed by atoms with E-state index in [1.807, 2.05) is 45.6 Å². The lowest BCUT2D eigenvalue weighted by molar-refractivity contribution is -0.552. The van der Waals surface area contributed by atoms with Gasteiger partial charge in [-0.25, -0.2) is 15.0 Å². The third kappa shape index (κ3) is 5.49. The topological polar surface area (TPSA) is 49.5 Å². The SMILES string of the molecule is CC(C)c1cccc(C(C)C)c1N1[C]C(c2cccc(C3=[N+](C)NN(c4c(C(C)C)cccc4C(C)C)[C]3)n2)=[N+](C)N1.